The van der Waals surface area contributed by atoms with Gasteiger partial charge in [-0.3, -0.25) is 0 Å². The lowest BCUT2D eigenvalue weighted by Gasteiger charge is -2.16. The molecule has 2 rings (SSSR count). The van der Waals surface area contributed by atoms with Crippen LogP contribution in [-0.4, -0.2) is 38.0 Å². The molecular formula is C12H18N2O4S. The average Bonchev–Trinajstić information content (AvgIpc) is 2.88. The summed E-state index contributed by atoms with van der Waals surface area (Å²) in [4.78, 5) is 11.7. The van der Waals surface area contributed by atoms with Gasteiger partial charge in [0.2, 0.25) is 0 Å². The number of carbonyl (C=O) groups is 1. The van der Waals surface area contributed by atoms with Crippen LogP contribution in [-0.2, 0) is 16.3 Å². The van der Waals surface area contributed by atoms with Gasteiger partial charge in [0, 0.05) is 18.5 Å². The highest BCUT2D eigenvalue weighted by atomic mass is 32.2. The van der Waals surface area contributed by atoms with Crippen molar-refractivity contribution in [3.63, 3.8) is 0 Å². The van der Waals surface area contributed by atoms with E-state index in [2.05, 4.69) is 10.6 Å². The van der Waals surface area contributed by atoms with Crippen LogP contribution in [0, 0.1) is 0 Å². The number of furan rings is 1. The van der Waals surface area contributed by atoms with Crippen LogP contribution in [0.3, 0.4) is 0 Å². The molecule has 0 aliphatic carbocycles. The molecule has 1 fully saturated rings. The molecule has 1 saturated heterocycles. The number of urea groups is 1. The largest absolute Gasteiger partial charge is 0.469 e. The Hall–Kier alpha value is -1.50. The first-order valence-corrected chi connectivity index (χ1v) is 8.06. The van der Waals surface area contributed by atoms with Crippen LogP contribution in [0.5, 0.6) is 0 Å². The van der Waals surface area contributed by atoms with E-state index in [0.29, 0.717) is 12.8 Å². The minimum Gasteiger partial charge on any atom is -0.469 e. The number of carbonyl (C=O) groups excluding carboxylic acids is 1. The first kappa shape index (κ1) is 13.9. The number of hydrogen-bond acceptors (Lipinski definition) is 4. The fraction of sp³-hybridized carbons (Fsp3) is 0.583. The minimum atomic E-state index is -2.97. The number of rotatable bonds is 4. The highest BCUT2D eigenvalue weighted by Gasteiger charge is 2.29. The van der Waals surface area contributed by atoms with Gasteiger partial charge in [0.25, 0.3) is 0 Å². The van der Waals surface area contributed by atoms with Gasteiger partial charge in [-0.15, -0.1) is 0 Å². The van der Waals surface area contributed by atoms with Crippen molar-refractivity contribution in [2.45, 2.75) is 31.8 Å². The molecule has 0 unspecified atom stereocenters. The second-order valence-electron chi connectivity index (χ2n) is 4.90. The Balaban J connectivity index is 1.75. The Morgan fingerprint density at radius 2 is 2.37 bits per heavy atom. The van der Waals surface area contributed by atoms with E-state index < -0.39 is 9.84 Å². The lowest BCUT2D eigenvalue weighted by Crippen LogP contribution is -2.46. The maximum absolute atomic E-state index is 11.7. The van der Waals surface area contributed by atoms with Gasteiger partial charge in [0.1, 0.15) is 5.76 Å². The first-order chi connectivity index (χ1) is 8.94. The fourth-order valence-corrected chi connectivity index (χ4v) is 3.81. The molecule has 2 atom stereocenters. The summed E-state index contributed by atoms with van der Waals surface area (Å²) in [5, 5.41) is 5.45. The smallest absolute Gasteiger partial charge is 0.315 e. The summed E-state index contributed by atoms with van der Waals surface area (Å²) >= 11 is 0. The standard InChI is InChI=1S/C12H18N2O4S/c1-9(7-11-3-2-5-18-11)13-12(15)14-10-4-6-19(16,17)8-10/h2-3,5,9-10H,4,6-8H2,1H3,(H2,13,14,15)/t9-,10+/m0/s1. The molecule has 0 bridgehead atoms. The molecule has 1 aliphatic rings. The quantitative estimate of drug-likeness (QED) is 0.852. The molecule has 2 N–H and O–H groups in total. The zero-order valence-electron chi connectivity index (χ0n) is 10.8. The van der Waals surface area contributed by atoms with Gasteiger partial charge in [0.05, 0.1) is 17.8 Å². The van der Waals surface area contributed by atoms with E-state index in [0.717, 1.165) is 5.76 Å². The molecule has 2 heterocycles. The third-order valence-electron chi connectivity index (χ3n) is 3.03. The molecule has 1 aromatic rings. The maximum atomic E-state index is 11.7. The molecule has 19 heavy (non-hydrogen) atoms. The van der Waals surface area contributed by atoms with Crippen molar-refractivity contribution in [1.82, 2.24) is 10.6 Å². The Bertz CT molecular complexity index is 524. The highest BCUT2D eigenvalue weighted by Crippen LogP contribution is 2.11. The molecule has 106 valence electrons. The van der Waals surface area contributed by atoms with Gasteiger partial charge < -0.3 is 15.1 Å². The van der Waals surface area contributed by atoms with Crippen LogP contribution in [0.4, 0.5) is 4.79 Å². The molecule has 6 nitrogen and oxygen atoms in total. The minimum absolute atomic E-state index is 0.0347. The Morgan fingerprint density at radius 1 is 1.58 bits per heavy atom. The van der Waals surface area contributed by atoms with E-state index in [9.17, 15) is 13.2 Å². The van der Waals surface area contributed by atoms with Crippen LogP contribution in [0.2, 0.25) is 0 Å². The maximum Gasteiger partial charge on any atom is 0.315 e. The summed E-state index contributed by atoms with van der Waals surface area (Å²) in [6.07, 6.45) is 2.68. The van der Waals surface area contributed by atoms with Crippen molar-refractivity contribution in [2.75, 3.05) is 11.5 Å². The van der Waals surface area contributed by atoms with Crippen molar-refractivity contribution >= 4 is 15.9 Å². The summed E-state index contributed by atoms with van der Waals surface area (Å²) in [6.45, 7) is 1.87. The zero-order valence-corrected chi connectivity index (χ0v) is 11.6. The van der Waals surface area contributed by atoms with Gasteiger partial charge >= 0.3 is 6.03 Å². The number of hydrogen-bond donors (Lipinski definition) is 2. The van der Waals surface area contributed by atoms with Crippen molar-refractivity contribution in [3.05, 3.63) is 24.2 Å². The molecule has 0 saturated carbocycles. The molecule has 0 radical (unpaired) electrons. The van der Waals surface area contributed by atoms with Gasteiger partial charge in [-0.25, -0.2) is 13.2 Å². The van der Waals surface area contributed by atoms with Crippen LogP contribution in [0.15, 0.2) is 22.8 Å². The molecular weight excluding hydrogens is 268 g/mol. The van der Waals surface area contributed by atoms with E-state index in [1.165, 1.54) is 0 Å². The third-order valence-corrected chi connectivity index (χ3v) is 4.80. The van der Waals surface area contributed by atoms with Crippen LogP contribution >= 0.6 is 0 Å². The third kappa shape index (κ3) is 4.27. The van der Waals surface area contributed by atoms with Crippen molar-refractivity contribution < 1.29 is 17.6 Å². The van der Waals surface area contributed by atoms with Gasteiger partial charge in [0.15, 0.2) is 9.84 Å². The summed E-state index contributed by atoms with van der Waals surface area (Å²) in [6, 6.07) is 2.96. The first-order valence-electron chi connectivity index (χ1n) is 6.24. The molecule has 0 aromatic carbocycles. The van der Waals surface area contributed by atoms with Crippen molar-refractivity contribution in [3.8, 4) is 0 Å². The normalized spacial score (nSPS) is 22.9. The summed E-state index contributed by atoms with van der Waals surface area (Å²) in [5.41, 5.74) is 0. The highest BCUT2D eigenvalue weighted by molar-refractivity contribution is 7.91. The fourth-order valence-electron chi connectivity index (χ4n) is 2.14. The number of amides is 2. The van der Waals surface area contributed by atoms with E-state index in [1.807, 2.05) is 13.0 Å². The van der Waals surface area contributed by atoms with E-state index in [1.54, 1.807) is 12.3 Å². The number of nitrogens with one attached hydrogen (secondary N) is 2. The topological polar surface area (TPSA) is 88.4 Å². The SMILES string of the molecule is C[C@@H](Cc1ccco1)NC(=O)N[C@@H]1CCS(=O)(=O)C1. The van der Waals surface area contributed by atoms with E-state index >= 15 is 0 Å². The predicted octanol–water partition coefficient (Wildman–Crippen LogP) is 0.697. The predicted molar refractivity (Wildman–Crippen MR) is 70.6 cm³/mol. The van der Waals surface area contributed by atoms with Crippen molar-refractivity contribution in [2.24, 2.45) is 0 Å². The number of sulfone groups is 1. The van der Waals surface area contributed by atoms with Gasteiger partial charge in [-0.05, 0) is 25.5 Å². The lowest BCUT2D eigenvalue weighted by atomic mass is 10.2. The van der Waals surface area contributed by atoms with Crippen molar-refractivity contribution in [1.29, 1.82) is 0 Å². The second-order valence-corrected chi connectivity index (χ2v) is 7.13. The molecule has 1 aliphatic heterocycles. The van der Waals surface area contributed by atoms with E-state index in [-0.39, 0.29) is 29.6 Å². The van der Waals surface area contributed by atoms with Gasteiger partial charge in [-0.1, -0.05) is 0 Å². The summed E-state index contributed by atoms with van der Waals surface area (Å²) in [5.74, 6) is 0.989. The molecule has 2 amide bonds. The Labute approximate surface area is 112 Å². The Kier molecular flexibility index (Phi) is 4.14. The van der Waals surface area contributed by atoms with Crippen LogP contribution in [0.25, 0.3) is 0 Å². The molecule has 1 aromatic heterocycles. The van der Waals surface area contributed by atoms with Crippen LogP contribution in [0.1, 0.15) is 19.1 Å². The second kappa shape index (κ2) is 5.64. The Morgan fingerprint density at radius 3 is 2.95 bits per heavy atom. The summed E-state index contributed by atoms with van der Waals surface area (Å²) < 4.78 is 27.7. The van der Waals surface area contributed by atoms with E-state index in [4.69, 9.17) is 4.42 Å². The van der Waals surface area contributed by atoms with Gasteiger partial charge in [-0.2, -0.15) is 0 Å². The average molecular weight is 286 g/mol. The molecule has 0 spiro atoms. The zero-order chi connectivity index (χ0) is 13.9. The summed E-state index contributed by atoms with van der Waals surface area (Å²) in [7, 11) is -2.97. The monoisotopic (exact) mass is 286 g/mol. The molecule has 7 heteroatoms. The van der Waals surface area contributed by atoms with Crippen LogP contribution < -0.4 is 10.6 Å². The lowest BCUT2D eigenvalue weighted by molar-refractivity contribution is 0.234.